The van der Waals surface area contributed by atoms with E-state index in [1.807, 2.05) is 12.3 Å². The van der Waals surface area contributed by atoms with E-state index >= 15 is 0 Å². The molecule has 1 N–H and O–H groups in total. The predicted octanol–water partition coefficient (Wildman–Crippen LogP) is 1.95. The summed E-state index contributed by atoms with van der Waals surface area (Å²) in [4.78, 5) is 3.11. The van der Waals surface area contributed by atoms with E-state index in [2.05, 4.69) is 27.0 Å². The molecule has 0 saturated carbocycles. The van der Waals surface area contributed by atoms with E-state index in [1.54, 1.807) is 0 Å². The molecule has 1 heterocycles. The second kappa shape index (κ2) is 2.92. The van der Waals surface area contributed by atoms with E-state index in [4.69, 9.17) is 0 Å². The molecule has 0 spiro atoms. The van der Waals surface area contributed by atoms with Gasteiger partial charge in [0.1, 0.15) is 0 Å². The van der Waals surface area contributed by atoms with Gasteiger partial charge in [0.15, 0.2) is 0 Å². The van der Waals surface area contributed by atoms with Crippen molar-refractivity contribution in [2.45, 2.75) is 6.42 Å². The van der Waals surface area contributed by atoms with Crippen LogP contribution in [0.4, 0.5) is 0 Å². The number of aromatic nitrogens is 1. The third-order valence-electron chi connectivity index (χ3n) is 1.03. The van der Waals surface area contributed by atoms with E-state index in [0.29, 0.717) is 0 Å². The summed E-state index contributed by atoms with van der Waals surface area (Å²) >= 11 is 3.35. The normalized spacial score (nSPS) is 9.62. The Morgan fingerprint density at radius 1 is 1.62 bits per heavy atom. The van der Waals surface area contributed by atoms with Gasteiger partial charge in [-0.15, -0.1) is 0 Å². The predicted molar refractivity (Wildman–Crippen MR) is 38.3 cm³/mol. The smallest absolute Gasteiger partial charge is 0.0155 e. The lowest BCUT2D eigenvalue weighted by atomic mass is 10.3. The molecule has 0 aromatic carbocycles. The third kappa shape index (κ3) is 1.37. The molecule has 0 aliphatic heterocycles. The number of hydrogen-bond donors (Lipinski definition) is 1. The SMILES string of the molecule is BrCCc1ccc[nH]1. The van der Waals surface area contributed by atoms with E-state index in [1.165, 1.54) is 5.69 Å². The van der Waals surface area contributed by atoms with Crippen molar-refractivity contribution in [2.75, 3.05) is 5.33 Å². The number of halogens is 1. The fourth-order valence-corrected chi connectivity index (χ4v) is 1.05. The van der Waals surface area contributed by atoms with Crippen LogP contribution >= 0.6 is 15.9 Å². The Morgan fingerprint density at radius 2 is 2.50 bits per heavy atom. The molecule has 1 rings (SSSR count). The Kier molecular flexibility index (Phi) is 2.15. The summed E-state index contributed by atoms with van der Waals surface area (Å²) in [5.41, 5.74) is 1.29. The maximum Gasteiger partial charge on any atom is 0.0155 e. The van der Waals surface area contributed by atoms with Crippen molar-refractivity contribution in [3.8, 4) is 0 Å². The molecule has 8 heavy (non-hydrogen) atoms. The molecule has 0 aliphatic carbocycles. The molecule has 0 radical (unpaired) electrons. The first-order valence-corrected chi connectivity index (χ1v) is 3.74. The minimum Gasteiger partial charge on any atom is -0.365 e. The zero-order chi connectivity index (χ0) is 5.82. The number of hydrogen-bond acceptors (Lipinski definition) is 0. The molecule has 2 heteroatoms. The van der Waals surface area contributed by atoms with Gasteiger partial charge in [0.05, 0.1) is 0 Å². The standard InChI is InChI=1S/C6H8BrN/c7-4-3-6-2-1-5-8-6/h1-2,5,8H,3-4H2. The van der Waals surface area contributed by atoms with Gasteiger partial charge < -0.3 is 4.98 Å². The molecule has 0 atom stereocenters. The van der Waals surface area contributed by atoms with Crippen LogP contribution < -0.4 is 0 Å². The Morgan fingerprint density at radius 3 is 3.00 bits per heavy atom. The first-order valence-electron chi connectivity index (χ1n) is 2.61. The van der Waals surface area contributed by atoms with Crippen molar-refractivity contribution >= 4 is 15.9 Å². The van der Waals surface area contributed by atoms with Gasteiger partial charge in [0, 0.05) is 17.2 Å². The first-order chi connectivity index (χ1) is 3.93. The highest BCUT2D eigenvalue weighted by Crippen LogP contribution is 1.96. The molecule has 0 amide bonds. The summed E-state index contributed by atoms with van der Waals surface area (Å²) in [6.07, 6.45) is 3.03. The molecular formula is C6H8BrN. The minimum absolute atomic E-state index is 1.04. The van der Waals surface area contributed by atoms with Crippen LogP contribution in [0.3, 0.4) is 0 Å². The van der Waals surface area contributed by atoms with E-state index in [0.717, 1.165) is 11.8 Å². The second-order valence-corrected chi connectivity index (χ2v) is 2.43. The largest absolute Gasteiger partial charge is 0.365 e. The molecule has 1 aromatic rings. The highest BCUT2D eigenvalue weighted by atomic mass is 79.9. The molecule has 0 bridgehead atoms. The summed E-state index contributed by atoms with van der Waals surface area (Å²) in [6.45, 7) is 0. The van der Waals surface area contributed by atoms with Crippen LogP contribution in [0.1, 0.15) is 5.69 Å². The molecule has 1 aromatic heterocycles. The van der Waals surface area contributed by atoms with Crippen LogP contribution in [0, 0.1) is 0 Å². The Hall–Kier alpha value is -0.240. The Bertz CT molecular complexity index is 134. The van der Waals surface area contributed by atoms with Gasteiger partial charge in [0.2, 0.25) is 0 Å². The second-order valence-electron chi connectivity index (χ2n) is 1.63. The number of nitrogens with one attached hydrogen (secondary N) is 1. The topological polar surface area (TPSA) is 15.8 Å². The van der Waals surface area contributed by atoms with Crippen LogP contribution in [-0.4, -0.2) is 10.3 Å². The van der Waals surface area contributed by atoms with Gasteiger partial charge in [-0.3, -0.25) is 0 Å². The Balaban J connectivity index is 2.50. The van der Waals surface area contributed by atoms with Crippen LogP contribution in [0.25, 0.3) is 0 Å². The third-order valence-corrected chi connectivity index (χ3v) is 1.42. The summed E-state index contributed by atoms with van der Waals surface area (Å²) in [6, 6.07) is 4.10. The maximum absolute atomic E-state index is 3.35. The van der Waals surface area contributed by atoms with Gasteiger partial charge in [-0.25, -0.2) is 0 Å². The molecule has 0 fully saturated rings. The number of H-pyrrole nitrogens is 1. The lowest BCUT2D eigenvalue weighted by Gasteiger charge is -1.86. The quantitative estimate of drug-likeness (QED) is 0.659. The highest BCUT2D eigenvalue weighted by Gasteiger charge is 1.86. The maximum atomic E-state index is 3.35. The lowest BCUT2D eigenvalue weighted by Crippen LogP contribution is -1.82. The van der Waals surface area contributed by atoms with Crippen molar-refractivity contribution < 1.29 is 0 Å². The van der Waals surface area contributed by atoms with Gasteiger partial charge in [0.25, 0.3) is 0 Å². The highest BCUT2D eigenvalue weighted by molar-refractivity contribution is 9.09. The number of alkyl halides is 1. The van der Waals surface area contributed by atoms with Gasteiger partial charge in [-0.2, -0.15) is 0 Å². The fourth-order valence-electron chi connectivity index (χ4n) is 0.625. The van der Waals surface area contributed by atoms with Crippen molar-refractivity contribution in [2.24, 2.45) is 0 Å². The molecule has 0 unspecified atom stereocenters. The van der Waals surface area contributed by atoms with E-state index in [9.17, 15) is 0 Å². The average Bonchev–Trinajstić information content (AvgIpc) is 2.19. The average molecular weight is 174 g/mol. The monoisotopic (exact) mass is 173 g/mol. The van der Waals surface area contributed by atoms with Crippen LogP contribution in [0.2, 0.25) is 0 Å². The van der Waals surface area contributed by atoms with Gasteiger partial charge in [-0.1, -0.05) is 15.9 Å². The first kappa shape index (κ1) is 5.89. The van der Waals surface area contributed by atoms with Crippen LogP contribution in [0.5, 0.6) is 0 Å². The van der Waals surface area contributed by atoms with E-state index < -0.39 is 0 Å². The number of aryl methyl sites for hydroxylation is 1. The zero-order valence-corrected chi connectivity index (χ0v) is 6.11. The van der Waals surface area contributed by atoms with Crippen LogP contribution in [0.15, 0.2) is 18.3 Å². The summed E-state index contributed by atoms with van der Waals surface area (Å²) in [5.74, 6) is 0. The molecule has 0 saturated heterocycles. The van der Waals surface area contributed by atoms with Crippen molar-refractivity contribution in [3.63, 3.8) is 0 Å². The number of rotatable bonds is 2. The lowest BCUT2D eigenvalue weighted by molar-refractivity contribution is 1.08. The summed E-state index contributed by atoms with van der Waals surface area (Å²) in [5, 5.41) is 1.04. The molecule has 44 valence electrons. The Labute approximate surface area is 57.2 Å². The molecular weight excluding hydrogens is 166 g/mol. The van der Waals surface area contributed by atoms with E-state index in [-0.39, 0.29) is 0 Å². The summed E-state index contributed by atoms with van der Waals surface area (Å²) < 4.78 is 0. The van der Waals surface area contributed by atoms with Gasteiger partial charge in [-0.05, 0) is 18.6 Å². The van der Waals surface area contributed by atoms with Crippen molar-refractivity contribution in [3.05, 3.63) is 24.0 Å². The minimum atomic E-state index is 1.04. The van der Waals surface area contributed by atoms with Crippen molar-refractivity contribution in [1.82, 2.24) is 4.98 Å². The molecule has 1 nitrogen and oxygen atoms in total. The molecule has 0 aliphatic rings. The zero-order valence-electron chi connectivity index (χ0n) is 4.52. The summed E-state index contributed by atoms with van der Waals surface area (Å²) in [7, 11) is 0. The fraction of sp³-hybridized carbons (Fsp3) is 0.333. The van der Waals surface area contributed by atoms with Crippen molar-refractivity contribution in [1.29, 1.82) is 0 Å². The van der Waals surface area contributed by atoms with Crippen LogP contribution in [-0.2, 0) is 6.42 Å². The van der Waals surface area contributed by atoms with Gasteiger partial charge >= 0.3 is 0 Å². The number of aromatic amines is 1.